The molecule has 1 aromatic carbocycles. The minimum Gasteiger partial charge on any atom is -0.493 e. The second kappa shape index (κ2) is 8.30. The van der Waals surface area contributed by atoms with Gasteiger partial charge in [0.15, 0.2) is 23.1 Å². The quantitative estimate of drug-likeness (QED) is 0.807. The van der Waals surface area contributed by atoms with Crippen LogP contribution in [0.2, 0.25) is 0 Å². The maximum absolute atomic E-state index is 5.82. The van der Waals surface area contributed by atoms with Gasteiger partial charge in [-0.1, -0.05) is 0 Å². The van der Waals surface area contributed by atoms with Crippen molar-refractivity contribution in [2.75, 3.05) is 32.8 Å². The fourth-order valence-corrected chi connectivity index (χ4v) is 2.16. The molecule has 0 saturated carbocycles. The molecular formula is C15H21ClN4O4. The van der Waals surface area contributed by atoms with Gasteiger partial charge in [-0.3, -0.25) is 0 Å². The number of halogens is 1. The standard InChI is InChI=1S/C15H20N4O4.ClH/c1-8-12(14(16)19-15(17)18-8)23-7-9-5-10(20-2)13(22-4)11(6-9)21-3;/h5-6H,7H2,1-4H3,(H4,16,17,18,19);1H. The Kier molecular flexibility index (Phi) is 6.72. The Balaban J connectivity index is 0.00000288. The number of nitrogens with two attached hydrogens (primary N) is 2. The first-order valence-electron chi connectivity index (χ1n) is 6.81. The van der Waals surface area contributed by atoms with E-state index in [1.165, 1.54) is 0 Å². The van der Waals surface area contributed by atoms with Crippen molar-refractivity contribution in [2.24, 2.45) is 0 Å². The van der Waals surface area contributed by atoms with Crippen molar-refractivity contribution >= 4 is 24.2 Å². The Labute approximate surface area is 146 Å². The summed E-state index contributed by atoms with van der Waals surface area (Å²) >= 11 is 0. The maximum atomic E-state index is 5.82. The fraction of sp³-hybridized carbons (Fsp3) is 0.333. The zero-order valence-electron chi connectivity index (χ0n) is 14.0. The van der Waals surface area contributed by atoms with Crippen LogP contribution in [0.5, 0.6) is 23.0 Å². The summed E-state index contributed by atoms with van der Waals surface area (Å²) in [5, 5.41) is 0. The fourth-order valence-electron chi connectivity index (χ4n) is 2.16. The van der Waals surface area contributed by atoms with E-state index in [4.69, 9.17) is 30.4 Å². The molecule has 0 amide bonds. The van der Waals surface area contributed by atoms with Gasteiger partial charge in [0.2, 0.25) is 11.7 Å². The zero-order chi connectivity index (χ0) is 17.0. The van der Waals surface area contributed by atoms with Crippen molar-refractivity contribution in [2.45, 2.75) is 13.5 Å². The van der Waals surface area contributed by atoms with Crippen LogP contribution >= 0.6 is 12.4 Å². The number of rotatable bonds is 6. The molecular weight excluding hydrogens is 336 g/mol. The van der Waals surface area contributed by atoms with E-state index in [0.717, 1.165) is 5.56 Å². The van der Waals surface area contributed by atoms with Crippen LogP contribution in [0.4, 0.5) is 11.8 Å². The maximum Gasteiger partial charge on any atom is 0.222 e. The van der Waals surface area contributed by atoms with Gasteiger partial charge in [-0.05, 0) is 24.6 Å². The summed E-state index contributed by atoms with van der Waals surface area (Å²) < 4.78 is 21.6. The molecule has 0 aliphatic rings. The molecule has 2 aromatic rings. The van der Waals surface area contributed by atoms with Gasteiger partial charge in [0.05, 0.1) is 27.0 Å². The molecule has 0 bridgehead atoms. The van der Waals surface area contributed by atoms with E-state index >= 15 is 0 Å². The lowest BCUT2D eigenvalue weighted by atomic mass is 10.2. The van der Waals surface area contributed by atoms with Gasteiger partial charge < -0.3 is 30.4 Å². The third-order valence-corrected chi connectivity index (χ3v) is 3.19. The molecule has 0 atom stereocenters. The monoisotopic (exact) mass is 356 g/mol. The van der Waals surface area contributed by atoms with Crippen LogP contribution in [-0.4, -0.2) is 31.3 Å². The van der Waals surface area contributed by atoms with Gasteiger partial charge in [-0.2, -0.15) is 4.98 Å². The number of anilines is 2. The lowest BCUT2D eigenvalue weighted by molar-refractivity contribution is 0.296. The molecule has 0 spiro atoms. The van der Waals surface area contributed by atoms with Gasteiger partial charge in [0.25, 0.3) is 0 Å². The van der Waals surface area contributed by atoms with Crippen molar-refractivity contribution in [3.05, 3.63) is 23.4 Å². The summed E-state index contributed by atoms with van der Waals surface area (Å²) in [5.74, 6) is 2.31. The first-order chi connectivity index (χ1) is 11.0. The van der Waals surface area contributed by atoms with Gasteiger partial charge in [0, 0.05) is 0 Å². The SMILES string of the molecule is COc1cc(COc2c(C)nc(N)nc2N)cc(OC)c1OC.Cl. The van der Waals surface area contributed by atoms with Crippen LogP contribution in [0.25, 0.3) is 0 Å². The Morgan fingerprint density at radius 2 is 1.50 bits per heavy atom. The molecule has 8 nitrogen and oxygen atoms in total. The molecule has 9 heteroatoms. The molecule has 1 aromatic heterocycles. The van der Waals surface area contributed by atoms with Crippen LogP contribution in [0.15, 0.2) is 12.1 Å². The zero-order valence-corrected chi connectivity index (χ0v) is 14.8. The second-order valence-corrected chi connectivity index (χ2v) is 4.70. The van der Waals surface area contributed by atoms with E-state index < -0.39 is 0 Å². The minimum absolute atomic E-state index is 0. The van der Waals surface area contributed by atoms with E-state index in [9.17, 15) is 0 Å². The van der Waals surface area contributed by atoms with Crippen LogP contribution in [0.3, 0.4) is 0 Å². The van der Waals surface area contributed by atoms with Crippen molar-refractivity contribution in [3.63, 3.8) is 0 Å². The molecule has 0 radical (unpaired) electrons. The normalized spacial score (nSPS) is 9.83. The summed E-state index contributed by atoms with van der Waals surface area (Å²) in [6.07, 6.45) is 0. The van der Waals surface area contributed by atoms with Crippen LogP contribution in [0, 0.1) is 6.92 Å². The molecule has 1 heterocycles. The molecule has 4 N–H and O–H groups in total. The highest BCUT2D eigenvalue weighted by atomic mass is 35.5. The van der Waals surface area contributed by atoms with Crippen molar-refractivity contribution in [3.8, 4) is 23.0 Å². The van der Waals surface area contributed by atoms with E-state index in [1.54, 1.807) is 40.4 Å². The van der Waals surface area contributed by atoms with Gasteiger partial charge in [-0.15, -0.1) is 12.4 Å². The number of ether oxygens (including phenoxy) is 4. The number of nitrogen functional groups attached to an aromatic ring is 2. The van der Waals surface area contributed by atoms with Crippen LogP contribution in [0.1, 0.15) is 11.3 Å². The van der Waals surface area contributed by atoms with Gasteiger partial charge >= 0.3 is 0 Å². The predicted molar refractivity (Wildman–Crippen MR) is 93.3 cm³/mol. The lowest BCUT2D eigenvalue weighted by Crippen LogP contribution is -2.07. The summed E-state index contributed by atoms with van der Waals surface area (Å²) in [6.45, 7) is 1.98. The average Bonchev–Trinajstić information content (AvgIpc) is 2.52. The first kappa shape index (κ1) is 19.4. The third-order valence-electron chi connectivity index (χ3n) is 3.19. The lowest BCUT2D eigenvalue weighted by Gasteiger charge is -2.15. The topological polar surface area (TPSA) is 115 Å². The largest absolute Gasteiger partial charge is 0.493 e. The van der Waals surface area contributed by atoms with Gasteiger partial charge in [-0.25, -0.2) is 4.98 Å². The molecule has 0 fully saturated rings. The number of benzene rings is 1. The summed E-state index contributed by atoms with van der Waals surface area (Å²) in [5.41, 5.74) is 12.7. The Bertz CT molecular complexity index is 664. The molecule has 0 saturated heterocycles. The number of methoxy groups -OCH3 is 3. The molecule has 0 aliphatic carbocycles. The number of hydrogen-bond donors (Lipinski definition) is 2. The highest BCUT2D eigenvalue weighted by molar-refractivity contribution is 5.85. The minimum atomic E-state index is 0. The number of aromatic nitrogens is 2. The summed E-state index contributed by atoms with van der Waals surface area (Å²) in [6, 6.07) is 3.59. The molecule has 0 aliphatic heterocycles. The van der Waals surface area contributed by atoms with E-state index in [2.05, 4.69) is 9.97 Å². The predicted octanol–water partition coefficient (Wildman–Crippen LogP) is 1.98. The Morgan fingerprint density at radius 3 is 1.96 bits per heavy atom. The molecule has 132 valence electrons. The smallest absolute Gasteiger partial charge is 0.222 e. The van der Waals surface area contributed by atoms with E-state index in [0.29, 0.717) is 28.7 Å². The van der Waals surface area contributed by atoms with Crippen LogP contribution in [-0.2, 0) is 6.61 Å². The Morgan fingerprint density at radius 1 is 0.917 bits per heavy atom. The Hall–Kier alpha value is -2.61. The van der Waals surface area contributed by atoms with Crippen LogP contribution < -0.4 is 30.4 Å². The average molecular weight is 357 g/mol. The highest BCUT2D eigenvalue weighted by Crippen LogP contribution is 2.38. The highest BCUT2D eigenvalue weighted by Gasteiger charge is 2.15. The van der Waals surface area contributed by atoms with Crippen molar-refractivity contribution < 1.29 is 18.9 Å². The van der Waals surface area contributed by atoms with Gasteiger partial charge in [0.1, 0.15) is 6.61 Å². The summed E-state index contributed by atoms with van der Waals surface area (Å²) in [4.78, 5) is 7.93. The van der Waals surface area contributed by atoms with Crippen molar-refractivity contribution in [1.29, 1.82) is 0 Å². The third kappa shape index (κ3) is 4.02. The number of nitrogens with zero attached hydrogens (tertiary/aromatic N) is 2. The second-order valence-electron chi connectivity index (χ2n) is 4.70. The first-order valence-corrected chi connectivity index (χ1v) is 6.81. The number of aryl methyl sites for hydroxylation is 1. The number of hydrogen-bond acceptors (Lipinski definition) is 8. The summed E-state index contributed by atoms with van der Waals surface area (Å²) in [7, 11) is 4.65. The molecule has 2 rings (SSSR count). The van der Waals surface area contributed by atoms with E-state index in [-0.39, 0.29) is 30.8 Å². The van der Waals surface area contributed by atoms with E-state index in [1.807, 2.05) is 0 Å². The van der Waals surface area contributed by atoms with Crippen molar-refractivity contribution in [1.82, 2.24) is 9.97 Å². The molecule has 0 unspecified atom stereocenters. The molecule has 24 heavy (non-hydrogen) atoms.